The van der Waals surface area contributed by atoms with Crippen molar-refractivity contribution in [2.75, 3.05) is 0 Å². The summed E-state index contributed by atoms with van der Waals surface area (Å²) >= 11 is 1.85. The highest BCUT2D eigenvalue weighted by molar-refractivity contribution is 7.26. The molecule has 0 saturated carbocycles. The highest BCUT2D eigenvalue weighted by atomic mass is 32.1. The smallest absolute Gasteiger partial charge is 0.0530 e. The molecule has 0 aliphatic carbocycles. The maximum Gasteiger partial charge on any atom is 0.0530 e. The first-order valence-electron chi connectivity index (χ1n) is 5.30. The van der Waals surface area contributed by atoms with Crippen LogP contribution in [0.15, 0.2) is 48.8 Å². The van der Waals surface area contributed by atoms with Gasteiger partial charge in [-0.25, -0.2) is 0 Å². The molecule has 76 valence electrons. The van der Waals surface area contributed by atoms with Crippen LogP contribution >= 0.6 is 11.3 Å². The van der Waals surface area contributed by atoms with Gasteiger partial charge in [0.15, 0.2) is 0 Å². The second kappa shape index (κ2) is 2.86. The standard InChI is InChI=1S/C14H9NS/c1-2-4-10-9(3-1)5-6-12-14(10)11-7-15-8-13(11)16-12/h1-8,15H. The monoisotopic (exact) mass is 223 g/mol. The minimum atomic E-state index is 1.32. The molecule has 0 bridgehead atoms. The van der Waals surface area contributed by atoms with Crippen molar-refractivity contribution in [1.29, 1.82) is 0 Å². The van der Waals surface area contributed by atoms with Crippen LogP contribution in [0.1, 0.15) is 0 Å². The third kappa shape index (κ3) is 0.947. The third-order valence-corrected chi connectivity index (χ3v) is 4.21. The topological polar surface area (TPSA) is 15.8 Å². The Morgan fingerprint density at radius 2 is 1.75 bits per heavy atom. The van der Waals surface area contributed by atoms with Gasteiger partial charge in [-0.05, 0) is 16.8 Å². The number of fused-ring (bicyclic) bond motifs is 5. The second-order valence-electron chi connectivity index (χ2n) is 4.00. The number of hydrogen-bond donors (Lipinski definition) is 1. The van der Waals surface area contributed by atoms with E-state index in [2.05, 4.69) is 53.8 Å². The molecule has 0 aliphatic heterocycles. The van der Waals surface area contributed by atoms with E-state index < -0.39 is 0 Å². The van der Waals surface area contributed by atoms with Gasteiger partial charge in [-0.1, -0.05) is 30.3 Å². The van der Waals surface area contributed by atoms with Crippen LogP contribution < -0.4 is 0 Å². The van der Waals surface area contributed by atoms with E-state index in [-0.39, 0.29) is 0 Å². The molecule has 2 aromatic carbocycles. The molecule has 16 heavy (non-hydrogen) atoms. The normalized spacial score (nSPS) is 11.8. The van der Waals surface area contributed by atoms with E-state index in [0.717, 1.165) is 0 Å². The summed E-state index contributed by atoms with van der Waals surface area (Å²) in [5.41, 5.74) is 0. The molecular weight excluding hydrogens is 214 g/mol. The van der Waals surface area contributed by atoms with Crippen LogP contribution in [0, 0.1) is 0 Å². The van der Waals surface area contributed by atoms with Gasteiger partial charge in [0.25, 0.3) is 0 Å². The Labute approximate surface area is 96.3 Å². The van der Waals surface area contributed by atoms with Crippen LogP contribution in [0.5, 0.6) is 0 Å². The second-order valence-corrected chi connectivity index (χ2v) is 5.08. The van der Waals surface area contributed by atoms with Crippen molar-refractivity contribution in [3.63, 3.8) is 0 Å². The molecule has 4 aromatic rings. The number of nitrogens with one attached hydrogen (secondary N) is 1. The van der Waals surface area contributed by atoms with Gasteiger partial charge in [-0.3, -0.25) is 0 Å². The van der Waals surface area contributed by atoms with Crippen LogP contribution in [0.25, 0.3) is 30.9 Å². The number of hydrogen-bond acceptors (Lipinski definition) is 1. The zero-order chi connectivity index (χ0) is 10.5. The molecule has 2 heteroatoms. The van der Waals surface area contributed by atoms with Gasteiger partial charge < -0.3 is 4.98 Å². The zero-order valence-electron chi connectivity index (χ0n) is 8.53. The van der Waals surface area contributed by atoms with Crippen molar-refractivity contribution in [3.8, 4) is 0 Å². The molecule has 0 spiro atoms. The highest BCUT2D eigenvalue weighted by Gasteiger charge is 2.08. The molecule has 0 saturated heterocycles. The molecule has 2 aromatic heterocycles. The number of benzene rings is 2. The van der Waals surface area contributed by atoms with Crippen LogP contribution in [0.4, 0.5) is 0 Å². The van der Waals surface area contributed by atoms with E-state index in [1.54, 1.807) is 0 Å². The van der Waals surface area contributed by atoms with E-state index >= 15 is 0 Å². The fourth-order valence-corrected chi connectivity index (χ4v) is 3.46. The van der Waals surface area contributed by atoms with E-state index in [9.17, 15) is 0 Å². The molecule has 0 fully saturated rings. The van der Waals surface area contributed by atoms with Crippen molar-refractivity contribution < 1.29 is 0 Å². The Morgan fingerprint density at radius 3 is 2.75 bits per heavy atom. The quantitative estimate of drug-likeness (QED) is 0.450. The fourth-order valence-electron chi connectivity index (χ4n) is 2.36. The van der Waals surface area contributed by atoms with Gasteiger partial charge in [0.1, 0.15) is 0 Å². The number of rotatable bonds is 0. The van der Waals surface area contributed by atoms with E-state index in [1.807, 2.05) is 11.3 Å². The Balaban J connectivity index is 2.41. The van der Waals surface area contributed by atoms with Crippen LogP contribution in [-0.2, 0) is 0 Å². The summed E-state index contributed by atoms with van der Waals surface area (Å²) in [6, 6.07) is 13.0. The molecular formula is C14H9NS. The lowest BCUT2D eigenvalue weighted by atomic mass is 10.1. The van der Waals surface area contributed by atoms with Crippen molar-refractivity contribution >= 4 is 42.3 Å². The summed E-state index contributed by atoms with van der Waals surface area (Å²) in [6.07, 6.45) is 4.18. The Kier molecular flexibility index (Phi) is 1.50. The van der Waals surface area contributed by atoms with Crippen LogP contribution in [0.2, 0.25) is 0 Å². The van der Waals surface area contributed by atoms with Gasteiger partial charge in [0.05, 0.1) is 4.70 Å². The van der Waals surface area contributed by atoms with Crippen LogP contribution in [-0.4, -0.2) is 4.98 Å². The molecule has 0 aliphatic rings. The third-order valence-electron chi connectivity index (χ3n) is 3.09. The lowest BCUT2D eigenvalue weighted by Crippen LogP contribution is -1.72. The number of H-pyrrole nitrogens is 1. The van der Waals surface area contributed by atoms with Crippen molar-refractivity contribution in [2.45, 2.75) is 0 Å². The van der Waals surface area contributed by atoms with Gasteiger partial charge in [0.2, 0.25) is 0 Å². The summed E-state index contributed by atoms with van der Waals surface area (Å²) in [5, 5.41) is 5.40. The summed E-state index contributed by atoms with van der Waals surface area (Å²) < 4.78 is 2.71. The Morgan fingerprint density at radius 1 is 0.812 bits per heavy atom. The largest absolute Gasteiger partial charge is 0.366 e. The van der Waals surface area contributed by atoms with E-state index in [4.69, 9.17) is 0 Å². The minimum absolute atomic E-state index is 1.32. The van der Waals surface area contributed by atoms with E-state index in [0.29, 0.717) is 0 Å². The summed E-state index contributed by atoms with van der Waals surface area (Å²) in [7, 11) is 0. The highest BCUT2D eigenvalue weighted by Crippen LogP contribution is 2.37. The zero-order valence-corrected chi connectivity index (χ0v) is 9.34. The SMILES string of the molecule is c1ccc2c(c1)ccc1sc3c[nH]cc3c12. The minimum Gasteiger partial charge on any atom is -0.366 e. The molecule has 2 heterocycles. The summed E-state index contributed by atoms with van der Waals surface area (Å²) in [5.74, 6) is 0. The molecule has 0 unspecified atom stereocenters. The first-order chi connectivity index (χ1) is 7.93. The predicted molar refractivity (Wildman–Crippen MR) is 71.2 cm³/mol. The van der Waals surface area contributed by atoms with Crippen LogP contribution in [0.3, 0.4) is 0 Å². The maximum absolute atomic E-state index is 3.18. The van der Waals surface area contributed by atoms with Gasteiger partial charge in [0, 0.05) is 27.9 Å². The van der Waals surface area contributed by atoms with Crippen molar-refractivity contribution in [1.82, 2.24) is 4.98 Å². The van der Waals surface area contributed by atoms with E-state index in [1.165, 1.54) is 30.9 Å². The first-order valence-corrected chi connectivity index (χ1v) is 6.12. The fraction of sp³-hybridized carbons (Fsp3) is 0. The lowest BCUT2D eigenvalue weighted by molar-refractivity contribution is 1.43. The van der Waals surface area contributed by atoms with Gasteiger partial charge in [-0.15, -0.1) is 11.3 Å². The lowest BCUT2D eigenvalue weighted by Gasteiger charge is -1.98. The maximum atomic E-state index is 3.18. The molecule has 0 amide bonds. The number of aromatic nitrogens is 1. The molecule has 0 atom stereocenters. The average molecular weight is 223 g/mol. The predicted octanol–water partition coefficient (Wildman–Crippen LogP) is 4.54. The van der Waals surface area contributed by atoms with Gasteiger partial charge in [-0.2, -0.15) is 0 Å². The summed E-state index contributed by atoms with van der Waals surface area (Å²) in [4.78, 5) is 3.18. The molecule has 4 rings (SSSR count). The Bertz CT molecular complexity index is 807. The molecule has 1 N–H and O–H groups in total. The first kappa shape index (κ1) is 8.36. The number of thiophene rings is 1. The molecule has 1 nitrogen and oxygen atoms in total. The van der Waals surface area contributed by atoms with Gasteiger partial charge >= 0.3 is 0 Å². The number of aromatic amines is 1. The summed E-state index contributed by atoms with van der Waals surface area (Å²) in [6.45, 7) is 0. The molecule has 0 radical (unpaired) electrons. The average Bonchev–Trinajstić information content (AvgIpc) is 2.88. The van der Waals surface area contributed by atoms with Crippen molar-refractivity contribution in [2.24, 2.45) is 0 Å². The Hall–Kier alpha value is -1.80. The van der Waals surface area contributed by atoms with Crippen molar-refractivity contribution in [3.05, 3.63) is 48.8 Å².